The Labute approximate surface area is 116 Å². The summed E-state index contributed by atoms with van der Waals surface area (Å²) in [6.45, 7) is 2.08. The number of hydrogen-bond donors (Lipinski definition) is 2. The molecule has 0 saturated carbocycles. The van der Waals surface area contributed by atoms with Gasteiger partial charge in [-0.25, -0.2) is 0 Å². The van der Waals surface area contributed by atoms with Crippen molar-refractivity contribution in [3.05, 3.63) is 35.9 Å². The van der Waals surface area contributed by atoms with Crippen LogP contribution in [0.1, 0.15) is 31.2 Å². The van der Waals surface area contributed by atoms with Gasteiger partial charge in [0, 0.05) is 12.6 Å². The summed E-state index contributed by atoms with van der Waals surface area (Å²) in [5.74, 6) is 0. The molecule has 3 nitrogen and oxygen atoms in total. The Kier molecular flexibility index (Phi) is 6.34. The summed E-state index contributed by atoms with van der Waals surface area (Å²) in [6.07, 6.45) is 6.05. The summed E-state index contributed by atoms with van der Waals surface area (Å²) in [5.41, 5.74) is 1.27. The summed E-state index contributed by atoms with van der Waals surface area (Å²) >= 11 is 0. The van der Waals surface area contributed by atoms with E-state index in [4.69, 9.17) is 4.74 Å². The maximum absolute atomic E-state index is 9.41. The van der Waals surface area contributed by atoms with Crippen molar-refractivity contribution >= 4 is 0 Å². The molecule has 0 bridgehead atoms. The highest BCUT2D eigenvalue weighted by Gasteiger charge is 2.15. The number of nitrogens with one attached hydrogen (secondary N) is 1. The van der Waals surface area contributed by atoms with Crippen LogP contribution in [0.4, 0.5) is 0 Å². The van der Waals surface area contributed by atoms with Crippen molar-refractivity contribution in [2.24, 2.45) is 0 Å². The van der Waals surface area contributed by atoms with E-state index in [9.17, 15) is 5.11 Å². The number of rotatable bonds is 8. The second-order valence-electron chi connectivity index (χ2n) is 5.30. The average molecular weight is 263 g/mol. The van der Waals surface area contributed by atoms with Crippen LogP contribution >= 0.6 is 0 Å². The number of ether oxygens (including phenoxy) is 1. The van der Waals surface area contributed by atoms with Gasteiger partial charge in [0.15, 0.2) is 0 Å². The van der Waals surface area contributed by atoms with Crippen molar-refractivity contribution in [2.45, 2.75) is 44.2 Å². The Bertz CT molecular complexity index is 336. The first-order valence-electron chi connectivity index (χ1n) is 7.38. The Hall–Kier alpha value is -0.900. The molecule has 0 spiro atoms. The topological polar surface area (TPSA) is 41.5 Å². The van der Waals surface area contributed by atoms with E-state index in [0.717, 1.165) is 32.4 Å². The van der Waals surface area contributed by atoms with Crippen molar-refractivity contribution in [1.29, 1.82) is 0 Å². The van der Waals surface area contributed by atoms with Gasteiger partial charge >= 0.3 is 0 Å². The maximum Gasteiger partial charge on any atom is 0.0587 e. The van der Waals surface area contributed by atoms with E-state index in [1.807, 2.05) is 18.2 Å². The standard InChI is InChI=1S/C16H25NO2/c18-13-15(12-14-6-2-1-3-7-14)17-10-4-8-16-9-5-11-19-16/h1-3,6-7,15-18H,4-5,8-13H2. The van der Waals surface area contributed by atoms with E-state index in [-0.39, 0.29) is 12.6 Å². The highest BCUT2D eigenvalue weighted by Crippen LogP contribution is 2.16. The second-order valence-corrected chi connectivity index (χ2v) is 5.30. The molecule has 1 heterocycles. The highest BCUT2D eigenvalue weighted by molar-refractivity contribution is 5.15. The molecule has 0 aliphatic carbocycles. The summed E-state index contributed by atoms with van der Waals surface area (Å²) in [4.78, 5) is 0. The van der Waals surface area contributed by atoms with Gasteiger partial charge in [0.1, 0.15) is 0 Å². The van der Waals surface area contributed by atoms with Gasteiger partial charge < -0.3 is 15.2 Å². The average Bonchev–Trinajstić information content (AvgIpc) is 2.96. The van der Waals surface area contributed by atoms with Gasteiger partial charge in [-0.1, -0.05) is 30.3 Å². The molecular formula is C16H25NO2. The molecule has 1 saturated heterocycles. The van der Waals surface area contributed by atoms with Crippen molar-refractivity contribution < 1.29 is 9.84 Å². The maximum atomic E-state index is 9.41. The van der Waals surface area contributed by atoms with E-state index in [1.54, 1.807) is 0 Å². The monoisotopic (exact) mass is 263 g/mol. The molecule has 106 valence electrons. The van der Waals surface area contributed by atoms with Crippen molar-refractivity contribution in [2.75, 3.05) is 19.8 Å². The third-order valence-electron chi connectivity index (χ3n) is 3.71. The minimum Gasteiger partial charge on any atom is -0.395 e. The molecule has 2 unspecified atom stereocenters. The molecule has 19 heavy (non-hydrogen) atoms. The molecule has 0 radical (unpaired) electrons. The Balaban J connectivity index is 1.62. The molecular weight excluding hydrogens is 238 g/mol. The highest BCUT2D eigenvalue weighted by atomic mass is 16.5. The minimum absolute atomic E-state index is 0.159. The normalized spacial score (nSPS) is 20.6. The lowest BCUT2D eigenvalue weighted by Gasteiger charge is -2.17. The van der Waals surface area contributed by atoms with E-state index in [2.05, 4.69) is 17.4 Å². The number of aliphatic hydroxyl groups is 1. The second kappa shape index (κ2) is 8.31. The van der Waals surface area contributed by atoms with Gasteiger partial charge in [0.05, 0.1) is 12.7 Å². The zero-order chi connectivity index (χ0) is 13.3. The molecule has 1 aromatic rings. The number of benzene rings is 1. The van der Waals surface area contributed by atoms with E-state index in [1.165, 1.54) is 18.4 Å². The fraction of sp³-hybridized carbons (Fsp3) is 0.625. The van der Waals surface area contributed by atoms with Gasteiger partial charge in [-0.15, -0.1) is 0 Å². The molecule has 3 heteroatoms. The third kappa shape index (κ3) is 5.31. The largest absolute Gasteiger partial charge is 0.395 e. The molecule has 1 aliphatic heterocycles. The number of aliphatic hydroxyl groups excluding tert-OH is 1. The first-order chi connectivity index (χ1) is 9.38. The summed E-state index contributed by atoms with van der Waals surface area (Å²) in [5, 5.41) is 12.8. The lowest BCUT2D eigenvalue weighted by atomic mass is 10.1. The molecule has 2 atom stereocenters. The molecule has 2 N–H and O–H groups in total. The summed E-state index contributed by atoms with van der Waals surface area (Å²) < 4.78 is 5.60. The van der Waals surface area contributed by atoms with E-state index in [0.29, 0.717) is 6.10 Å². The van der Waals surface area contributed by atoms with E-state index < -0.39 is 0 Å². The van der Waals surface area contributed by atoms with Crippen LogP contribution in [0.15, 0.2) is 30.3 Å². The van der Waals surface area contributed by atoms with Gasteiger partial charge in [-0.3, -0.25) is 0 Å². The predicted molar refractivity (Wildman–Crippen MR) is 77.2 cm³/mol. The van der Waals surface area contributed by atoms with Crippen LogP contribution < -0.4 is 5.32 Å². The van der Waals surface area contributed by atoms with Crippen LogP contribution in [0.2, 0.25) is 0 Å². The van der Waals surface area contributed by atoms with Crippen molar-refractivity contribution in [3.63, 3.8) is 0 Å². The third-order valence-corrected chi connectivity index (χ3v) is 3.71. The fourth-order valence-corrected chi connectivity index (χ4v) is 2.61. The minimum atomic E-state index is 0.159. The molecule has 1 aromatic carbocycles. The molecule has 2 rings (SSSR count). The molecule has 0 aromatic heterocycles. The SMILES string of the molecule is OCC(Cc1ccccc1)NCCCC1CCCO1. The Morgan fingerprint density at radius 3 is 2.84 bits per heavy atom. The van der Waals surface area contributed by atoms with Crippen LogP contribution in [-0.2, 0) is 11.2 Å². The molecule has 1 aliphatic rings. The Morgan fingerprint density at radius 1 is 1.32 bits per heavy atom. The van der Waals surface area contributed by atoms with Crippen LogP contribution in [0.5, 0.6) is 0 Å². The summed E-state index contributed by atoms with van der Waals surface area (Å²) in [6, 6.07) is 10.5. The predicted octanol–water partition coefficient (Wildman–Crippen LogP) is 2.14. The van der Waals surface area contributed by atoms with Crippen LogP contribution in [0.3, 0.4) is 0 Å². The zero-order valence-electron chi connectivity index (χ0n) is 11.6. The lowest BCUT2D eigenvalue weighted by Crippen LogP contribution is -2.35. The van der Waals surface area contributed by atoms with Gasteiger partial charge in [-0.2, -0.15) is 0 Å². The first-order valence-corrected chi connectivity index (χ1v) is 7.38. The van der Waals surface area contributed by atoms with Gasteiger partial charge in [0.25, 0.3) is 0 Å². The lowest BCUT2D eigenvalue weighted by molar-refractivity contribution is 0.102. The van der Waals surface area contributed by atoms with Crippen molar-refractivity contribution in [1.82, 2.24) is 5.32 Å². The quantitative estimate of drug-likeness (QED) is 0.706. The fourth-order valence-electron chi connectivity index (χ4n) is 2.61. The van der Waals surface area contributed by atoms with Gasteiger partial charge in [-0.05, 0) is 44.2 Å². The Morgan fingerprint density at radius 2 is 2.16 bits per heavy atom. The smallest absolute Gasteiger partial charge is 0.0587 e. The molecule has 1 fully saturated rings. The number of hydrogen-bond acceptors (Lipinski definition) is 3. The first kappa shape index (κ1) is 14.5. The van der Waals surface area contributed by atoms with Crippen LogP contribution in [-0.4, -0.2) is 37.0 Å². The van der Waals surface area contributed by atoms with Crippen LogP contribution in [0, 0.1) is 0 Å². The summed E-state index contributed by atoms with van der Waals surface area (Å²) in [7, 11) is 0. The van der Waals surface area contributed by atoms with Crippen LogP contribution in [0.25, 0.3) is 0 Å². The van der Waals surface area contributed by atoms with E-state index >= 15 is 0 Å². The van der Waals surface area contributed by atoms with Crippen molar-refractivity contribution in [3.8, 4) is 0 Å². The molecule has 0 amide bonds. The van der Waals surface area contributed by atoms with Gasteiger partial charge in [0.2, 0.25) is 0 Å². The zero-order valence-corrected chi connectivity index (χ0v) is 11.6.